The molecule has 0 radical (unpaired) electrons. The van der Waals surface area contributed by atoms with Crippen molar-refractivity contribution < 1.29 is 0 Å². The van der Waals surface area contributed by atoms with Gasteiger partial charge in [-0.25, -0.2) is 0 Å². The molecule has 5 rings (SSSR count). The van der Waals surface area contributed by atoms with Crippen LogP contribution in [0.15, 0.2) is 12.8 Å². The highest BCUT2D eigenvalue weighted by atomic mass is 15.6. The van der Waals surface area contributed by atoms with Gasteiger partial charge in [-0.3, -0.25) is 26.6 Å². The molecule has 0 aromatic carbocycles. The van der Waals surface area contributed by atoms with E-state index in [1.54, 1.807) is 0 Å². The number of rotatable bonds is 1. The van der Waals surface area contributed by atoms with Crippen molar-refractivity contribution in [1.29, 1.82) is 0 Å². The van der Waals surface area contributed by atoms with E-state index in [1.165, 1.54) is 0 Å². The van der Waals surface area contributed by atoms with E-state index in [4.69, 9.17) is 0 Å². The van der Waals surface area contributed by atoms with Gasteiger partial charge < -0.3 is 4.90 Å². The number of nitrogens with zero attached hydrogens (tertiary/aromatic N) is 1. The number of hydrogen-bond acceptors (Lipinski definition) is 6. The third-order valence-electron chi connectivity index (χ3n) is 3.60. The monoisotopic (exact) mass is 194 g/mol. The van der Waals surface area contributed by atoms with Gasteiger partial charge in [-0.15, -0.1) is 0 Å². The molecule has 0 amide bonds. The Morgan fingerprint density at radius 3 is 1.93 bits per heavy atom. The lowest BCUT2D eigenvalue weighted by Crippen LogP contribution is -2.71. The summed E-state index contributed by atoms with van der Waals surface area (Å²) in [6, 6.07) is 0. The Hall–Kier alpha value is -0.660. The van der Waals surface area contributed by atoms with E-state index in [-0.39, 0.29) is 0 Å². The first-order chi connectivity index (χ1) is 6.86. The summed E-state index contributed by atoms with van der Waals surface area (Å²) in [4.78, 5) is 2.23. The lowest BCUT2D eigenvalue weighted by molar-refractivity contribution is 0.141. The molecule has 6 nitrogen and oxygen atoms in total. The molecule has 5 aliphatic heterocycles. The van der Waals surface area contributed by atoms with Crippen molar-refractivity contribution in [2.24, 2.45) is 0 Å². The molecule has 6 atom stereocenters. The van der Waals surface area contributed by atoms with Crippen LogP contribution in [0, 0.1) is 0 Å². The Labute approximate surface area is 82.1 Å². The smallest absolute Gasteiger partial charge is 0.111 e. The van der Waals surface area contributed by atoms with Crippen LogP contribution in [0.5, 0.6) is 0 Å². The summed E-state index contributed by atoms with van der Waals surface area (Å²) in [5.74, 6) is 0. The molecule has 5 heterocycles. The maximum absolute atomic E-state index is 3.86. The average molecular weight is 194 g/mol. The fraction of sp³-hybridized carbons (Fsp3) is 0.750. The van der Waals surface area contributed by atoms with E-state index in [9.17, 15) is 0 Å². The van der Waals surface area contributed by atoms with Gasteiger partial charge in [0.1, 0.15) is 12.3 Å². The zero-order valence-corrected chi connectivity index (χ0v) is 7.70. The molecule has 5 N–H and O–H groups in total. The second-order valence-electron chi connectivity index (χ2n) is 4.26. The third-order valence-corrected chi connectivity index (χ3v) is 3.60. The third kappa shape index (κ3) is 0.709. The predicted molar refractivity (Wildman–Crippen MR) is 50.4 cm³/mol. The number of piperazine rings is 1. The van der Waals surface area contributed by atoms with Gasteiger partial charge in [-0.1, -0.05) is 6.58 Å². The van der Waals surface area contributed by atoms with Crippen LogP contribution in [0.2, 0.25) is 0 Å². The zero-order valence-electron chi connectivity index (χ0n) is 7.70. The fourth-order valence-corrected chi connectivity index (χ4v) is 3.00. The van der Waals surface area contributed by atoms with E-state index in [2.05, 4.69) is 38.1 Å². The van der Waals surface area contributed by atoms with Crippen molar-refractivity contribution >= 4 is 0 Å². The minimum atomic E-state index is 0.292. The molecular formula is C8H14N6. The van der Waals surface area contributed by atoms with Crippen molar-refractivity contribution in [3.8, 4) is 0 Å². The molecule has 14 heavy (non-hydrogen) atoms. The molecule has 76 valence electrons. The molecule has 0 aliphatic carbocycles. The highest BCUT2D eigenvalue weighted by molar-refractivity contribution is 5.14. The van der Waals surface area contributed by atoms with Crippen LogP contribution in [-0.2, 0) is 0 Å². The summed E-state index contributed by atoms with van der Waals surface area (Å²) < 4.78 is 0. The molecule has 5 fully saturated rings. The summed E-state index contributed by atoms with van der Waals surface area (Å²) in [6.07, 6.45) is 3.79. The Bertz CT molecular complexity index is 292. The van der Waals surface area contributed by atoms with E-state index in [0.717, 1.165) is 0 Å². The number of nitrogens with one attached hydrogen (secondary N) is 5. The van der Waals surface area contributed by atoms with Gasteiger partial charge in [-0.2, -0.15) is 0 Å². The van der Waals surface area contributed by atoms with Gasteiger partial charge in [0.2, 0.25) is 0 Å². The van der Waals surface area contributed by atoms with Gasteiger partial charge in [0.05, 0.1) is 24.7 Å². The van der Waals surface area contributed by atoms with E-state index >= 15 is 0 Å². The van der Waals surface area contributed by atoms with Gasteiger partial charge >= 0.3 is 0 Å². The topological polar surface area (TPSA) is 63.4 Å². The first-order valence-electron chi connectivity index (χ1n) is 5.07. The maximum Gasteiger partial charge on any atom is 0.111 e. The van der Waals surface area contributed by atoms with Crippen LogP contribution < -0.4 is 26.6 Å². The second kappa shape index (κ2) is 2.29. The molecule has 6 heteroatoms. The Morgan fingerprint density at radius 2 is 1.29 bits per heavy atom. The molecule has 0 spiro atoms. The molecule has 6 unspecified atom stereocenters. The Kier molecular flexibility index (Phi) is 1.24. The molecule has 6 bridgehead atoms. The average Bonchev–Trinajstić information content (AvgIpc) is 2.61. The van der Waals surface area contributed by atoms with Gasteiger partial charge in [0.15, 0.2) is 0 Å². The Balaban J connectivity index is 1.82. The fourth-order valence-electron chi connectivity index (χ4n) is 3.00. The van der Waals surface area contributed by atoms with Crippen molar-refractivity contribution in [1.82, 2.24) is 31.5 Å². The quantitative estimate of drug-likeness (QED) is 0.315. The highest BCUT2D eigenvalue weighted by Crippen LogP contribution is 2.27. The normalized spacial score (nSPS) is 58.1. The van der Waals surface area contributed by atoms with E-state index in [0.29, 0.717) is 37.0 Å². The van der Waals surface area contributed by atoms with Crippen molar-refractivity contribution in [3.63, 3.8) is 0 Å². The maximum atomic E-state index is 3.86. The minimum Gasteiger partial charge on any atom is -0.342 e. The molecular weight excluding hydrogens is 180 g/mol. The standard InChI is InChI=1S/C8H14N6/c1-2-14-7-5-9-3-4(11-5)12-8(14)6(10-3)13-7/h2-13H,1H2. The van der Waals surface area contributed by atoms with E-state index in [1.807, 2.05) is 6.20 Å². The van der Waals surface area contributed by atoms with Crippen molar-refractivity contribution in [2.75, 3.05) is 0 Å². The molecule has 0 aromatic heterocycles. The number of hydrogen-bond donors (Lipinski definition) is 5. The van der Waals surface area contributed by atoms with Crippen molar-refractivity contribution in [2.45, 2.75) is 37.0 Å². The highest BCUT2D eigenvalue weighted by Gasteiger charge is 2.56. The van der Waals surface area contributed by atoms with Crippen LogP contribution in [-0.4, -0.2) is 41.9 Å². The zero-order chi connectivity index (χ0) is 9.28. The summed E-state index contributed by atoms with van der Waals surface area (Å²) in [6.45, 7) is 3.86. The van der Waals surface area contributed by atoms with Crippen LogP contribution >= 0.6 is 0 Å². The summed E-state index contributed by atoms with van der Waals surface area (Å²) in [7, 11) is 0. The lowest BCUT2D eigenvalue weighted by Gasteiger charge is -2.39. The van der Waals surface area contributed by atoms with Crippen LogP contribution in [0.4, 0.5) is 0 Å². The summed E-state index contributed by atoms with van der Waals surface area (Å²) >= 11 is 0. The SMILES string of the molecule is C=CN1C2NC3NC4NC3NC2NC41. The first kappa shape index (κ1) is 7.61. The lowest BCUT2D eigenvalue weighted by atomic mass is 10.2. The molecule has 5 aliphatic rings. The summed E-state index contributed by atoms with van der Waals surface area (Å²) in [5, 5.41) is 17.6. The predicted octanol–water partition coefficient (Wildman–Crippen LogP) is -2.61. The van der Waals surface area contributed by atoms with Crippen LogP contribution in [0.3, 0.4) is 0 Å². The van der Waals surface area contributed by atoms with Crippen molar-refractivity contribution in [3.05, 3.63) is 12.8 Å². The molecule has 0 aromatic rings. The van der Waals surface area contributed by atoms with E-state index < -0.39 is 0 Å². The first-order valence-corrected chi connectivity index (χ1v) is 5.07. The van der Waals surface area contributed by atoms with Gasteiger partial charge in [0, 0.05) is 0 Å². The van der Waals surface area contributed by atoms with Gasteiger partial charge in [-0.05, 0) is 6.20 Å². The van der Waals surface area contributed by atoms with Crippen LogP contribution in [0.1, 0.15) is 0 Å². The Morgan fingerprint density at radius 1 is 0.786 bits per heavy atom. The molecule has 5 saturated heterocycles. The van der Waals surface area contributed by atoms with Crippen LogP contribution in [0.25, 0.3) is 0 Å². The minimum absolute atomic E-state index is 0.292. The largest absolute Gasteiger partial charge is 0.342 e. The molecule has 0 saturated carbocycles. The second-order valence-corrected chi connectivity index (χ2v) is 4.26. The van der Waals surface area contributed by atoms with Gasteiger partial charge in [0.25, 0.3) is 0 Å². The summed E-state index contributed by atoms with van der Waals surface area (Å²) in [5.41, 5.74) is 0.